The molecule has 12 aromatic rings. The number of aromatic nitrogens is 2. The predicted molar refractivity (Wildman–Crippen MR) is 275 cm³/mol. The van der Waals surface area contributed by atoms with Crippen molar-refractivity contribution in [1.82, 2.24) is 9.97 Å². The second-order valence-corrected chi connectivity index (χ2v) is 18.1. The van der Waals surface area contributed by atoms with Crippen molar-refractivity contribution in [2.45, 2.75) is 19.3 Å². The van der Waals surface area contributed by atoms with Gasteiger partial charge in [0.1, 0.15) is 11.2 Å². The van der Waals surface area contributed by atoms with E-state index in [0.717, 1.165) is 66.7 Å². The molecule has 1 aliphatic carbocycles. The minimum absolute atomic E-state index is 0.110. The van der Waals surface area contributed by atoms with Crippen LogP contribution in [0.15, 0.2) is 223 Å². The van der Waals surface area contributed by atoms with E-state index in [1.54, 1.807) is 0 Å². The summed E-state index contributed by atoms with van der Waals surface area (Å²) in [5.74, 6) is 0.683. The molecule has 0 saturated heterocycles. The molecule has 0 aliphatic heterocycles. The van der Waals surface area contributed by atoms with E-state index >= 15 is 0 Å². The van der Waals surface area contributed by atoms with E-state index in [0.29, 0.717) is 5.82 Å². The standard InChI is InChI=1S/C63H42N2O/c1-63(2)55-24-13-23-51(61(55)54-36-43-17-6-7-18-44(43)37-56(54)63)40-26-28-41(29-27-40)57-38-58(65-62(64-57)42-15-4-3-5-16-42)48-33-46(32-47(34-48)50-22-12-19-39-14-8-9-20-49(39)50)45-30-31-60-53(35-45)52-21-10-11-25-59(52)66-60/h3-38H,1-2H3. The van der Waals surface area contributed by atoms with Crippen LogP contribution in [0.1, 0.15) is 25.0 Å². The fourth-order valence-electron chi connectivity index (χ4n) is 10.5. The van der Waals surface area contributed by atoms with Crippen LogP contribution in [0.25, 0.3) is 122 Å². The molecule has 1 aliphatic rings. The van der Waals surface area contributed by atoms with Crippen molar-refractivity contribution in [2.24, 2.45) is 0 Å². The van der Waals surface area contributed by atoms with Crippen LogP contribution in [0.4, 0.5) is 0 Å². The van der Waals surface area contributed by atoms with Gasteiger partial charge in [0.05, 0.1) is 11.4 Å². The molecule has 0 amide bonds. The average Bonchev–Trinajstić information content (AvgIpc) is 3.86. The van der Waals surface area contributed by atoms with Gasteiger partial charge in [-0.2, -0.15) is 0 Å². The molecule has 0 unspecified atom stereocenters. The third-order valence-electron chi connectivity index (χ3n) is 13.9. The summed E-state index contributed by atoms with van der Waals surface area (Å²) in [4.78, 5) is 10.6. The molecule has 3 nitrogen and oxygen atoms in total. The Labute approximate surface area is 383 Å². The first-order chi connectivity index (χ1) is 32.4. The summed E-state index contributed by atoms with van der Waals surface area (Å²) >= 11 is 0. The van der Waals surface area contributed by atoms with Gasteiger partial charge in [0, 0.05) is 32.9 Å². The summed E-state index contributed by atoms with van der Waals surface area (Å²) in [7, 11) is 0. The molecule has 0 radical (unpaired) electrons. The average molecular weight is 843 g/mol. The lowest BCUT2D eigenvalue weighted by Gasteiger charge is -2.22. The van der Waals surface area contributed by atoms with E-state index in [4.69, 9.17) is 14.4 Å². The highest BCUT2D eigenvalue weighted by Crippen LogP contribution is 2.53. The quantitative estimate of drug-likeness (QED) is 0.167. The van der Waals surface area contributed by atoms with Gasteiger partial charge >= 0.3 is 0 Å². The Kier molecular flexibility index (Phi) is 8.56. The molecular formula is C63H42N2O. The van der Waals surface area contributed by atoms with Crippen LogP contribution in [0.2, 0.25) is 0 Å². The number of benzene rings is 10. The largest absolute Gasteiger partial charge is 0.456 e. The van der Waals surface area contributed by atoms with Crippen molar-refractivity contribution in [3.05, 3.63) is 230 Å². The third-order valence-corrected chi connectivity index (χ3v) is 13.9. The van der Waals surface area contributed by atoms with Crippen molar-refractivity contribution < 1.29 is 4.42 Å². The van der Waals surface area contributed by atoms with Gasteiger partial charge in [0.25, 0.3) is 0 Å². The van der Waals surface area contributed by atoms with E-state index in [2.05, 4.69) is 214 Å². The fraction of sp³-hybridized carbons (Fsp3) is 0.0476. The zero-order valence-corrected chi connectivity index (χ0v) is 36.6. The molecule has 13 rings (SSSR count). The lowest BCUT2D eigenvalue weighted by atomic mass is 9.81. The molecule has 3 heteroatoms. The number of nitrogens with zero attached hydrogens (tertiary/aromatic N) is 2. The predicted octanol–water partition coefficient (Wildman–Crippen LogP) is 17.0. The number of fused-ring (bicyclic) bond motifs is 8. The summed E-state index contributed by atoms with van der Waals surface area (Å²) < 4.78 is 6.26. The van der Waals surface area contributed by atoms with Gasteiger partial charge in [0.2, 0.25) is 0 Å². The van der Waals surface area contributed by atoms with Gasteiger partial charge in [-0.05, 0) is 132 Å². The van der Waals surface area contributed by atoms with Crippen molar-refractivity contribution in [3.63, 3.8) is 0 Å². The Bertz CT molecular complexity index is 3890. The van der Waals surface area contributed by atoms with Gasteiger partial charge in [0.15, 0.2) is 5.82 Å². The molecule has 0 saturated carbocycles. The zero-order chi connectivity index (χ0) is 43.9. The van der Waals surface area contributed by atoms with Crippen LogP contribution in [0, 0.1) is 0 Å². The van der Waals surface area contributed by atoms with Crippen LogP contribution in [0.5, 0.6) is 0 Å². The van der Waals surface area contributed by atoms with E-state index in [-0.39, 0.29) is 5.41 Å². The van der Waals surface area contributed by atoms with Crippen LogP contribution in [-0.4, -0.2) is 9.97 Å². The number of furan rings is 1. The molecule has 0 bridgehead atoms. The molecule has 2 aromatic heterocycles. The maximum Gasteiger partial charge on any atom is 0.160 e. The minimum atomic E-state index is -0.110. The fourth-order valence-corrected chi connectivity index (χ4v) is 10.5. The molecule has 2 heterocycles. The zero-order valence-electron chi connectivity index (χ0n) is 36.6. The first kappa shape index (κ1) is 38.1. The number of para-hydroxylation sites is 1. The van der Waals surface area contributed by atoms with Gasteiger partial charge in [-0.15, -0.1) is 0 Å². The first-order valence-electron chi connectivity index (χ1n) is 22.7. The third kappa shape index (κ3) is 6.19. The molecular weight excluding hydrogens is 801 g/mol. The molecule has 0 spiro atoms. The monoisotopic (exact) mass is 842 g/mol. The molecule has 10 aromatic carbocycles. The molecule has 0 N–H and O–H groups in total. The van der Waals surface area contributed by atoms with E-state index in [1.165, 1.54) is 60.5 Å². The summed E-state index contributed by atoms with van der Waals surface area (Å²) in [6.45, 7) is 4.72. The topological polar surface area (TPSA) is 38.9 Å². The van der Waals surface area contributed by atoms with E-state index in [9.17, 15) is 0 Å². The van der Waals surface area contributed by atoms with Gasteiger partial charge in [-0.3, -0.25) is 0 Å². The molecule has 66 heavy (non-hydrogen) atoms. The van der Waals surface area contributed by atoms with Crippen molar-refractivity contribution in [1.29, 1.82) is 0 Å². The highest BCUT2D eigenvalue weighted by atomic mass is 16.3. The van der Waals surface area contributed by atoms with Gasteiger partial charge < -0.3 is 4.42 Å². The van der Waals surface area contributed by atoms with Gasteiger partial charge in [-0.25, -0.2) is 9.97 Å². The number of hydrogen-bond acceptors (Lipinski definition) is 3. The van der Waals surface area contributed by atoms with E-state index in [1.807, 2.05) is 18.2 Å². The van der Waals surface area contributed by atoms with Crippen LogP contribution in [-0.2, 0) is 5.41 Å². The normalized spacial score (nSPS) is 12.8. The molecule has 0 atom stereocenters. The highest BCUT2D eigenvalue weighted by molar-refractivity contribution is 6.07. The number of hydrogen-bond donors (Lipinski definition) is 0. The van der Waals surface area contributed by atoms with Crippen LogP contribution in [0.3, 0.4) is 0 Å². The van der Waals surface area contributed by atoms with Crippen molar-refractivity contribution in [3.8, 4) is 78.4 Å². The summed E-state index contributed by atoms with van der Waals surface area (Å²) in [6, 6.07) is 78.6. The van der Waals surface area contributed by atoms with Gasteiger partial charge in [-0.1, -0.05) is 178 Å². The Morgan fingerprint density at radius 1 is 0.333 bits per heavy atom. The van der Waals surface area contributed by atoms with Crippen molar-refractivity contribution >= 4 is 43.5 Å². The smallest absolute Gasteiger partial charge is 0.160 e. The summed E-state index contributed by atoms with van der Waals surface area (Å²) in [5.41, 5.74) is 18.7. The number of rotatable bonds is 6. The Hall–Kier alpha value is -8.40. The second-order valence-electron chi connectivity index (χ2n) is 18.1. The van der Waals surface area contributed by atoms with Crippen LogP contribution >= 0.6 is 0 Å². The molecule has 310 valence electrons. The second kappa shape index (κ2) is 14.8. The maximum absolute atomic E-state index is 6.26. The Morgan fingerprint density at radius 3 is 1.77 bits per heavy atom. The Balaban J connectivity index is 0.969. The minimum Gasteiger partial charge on any atom is -0.456 e. The SMILES string of the molecule is CC1(C)c2cc3ccccc3cc2-c2c(-c3ccc(-c4cc(-c5cc(-c6ccc7oc8ccccc8c7c6)cc(-c6cccc7ccccc67)c5)nc(-c5ccccc5)n4)cc3)cccc21. The molecule has 0 fully saturated rings. The van der Waals surface area contributed by atoms with E-state index < -0.39 is 0 Å². The summed E-state index contributed by atoms with van der Waals surface area (Å²) in [5, 5.41) is 7.16. The Morgan fingerprint density at radius 2 is 0.939 bits per heavy atom. The highest BCUT2D eigenvalue weighted by Gasteiger charge is 2.37. The van der Waals surface area contributed by atoms with Crippen molar-refractivity contribution in [2.75, 3.05) is 0 Å². The lowest BCUT2D eigenvalue weighted by molar-refractivity contribution is 0.661. The maximum atomic E-state index is 6.26. The first-order valence-corrected chi connectivity index (χ1v) is 22.7. The lowest BCUT2D eigenvalue weighted by Crippen LogP contribution is -2.14. The summed E-state index contributed by atoms with van der Waals surface area (Å²) in [6.07, 6.45) is 0. The van der Waals surface area contributed by atoms with Crippen LogP contribution < -0.4 is 0 Å².